The van der Waals surface area contributed by atoms with Gasteiger partial charge in [0.05, 0.1) is 18.6 Å². The molecule has 1 aliphatic heterocycles. The lowest BCUT2D eigenvalue weighted by molar-refractivity contribution is -0.126. The summed E-state index contributed by atoms with van der Waals surface area (Å²) < 4.78 is 0. The number of amides is 2. The van der Waals surface area contributed by atoms with E-state index in [2.05, 4.69) is 44.7 Å². The van der Waals surface area contributed by atoms with Gasteiger partial charge < -0.3 is 10.6 Å². The fourth-order valence-electron chi connectivity index (χ4n) is 4.28. The van der Waals surface area contributed by atoms with Gasteiger partial charge in [0, 0.05) is 25.2 Å². The van der Waals surface area contributed by atoms with E-state index in [0.29, 0.717) is 6.54 Å². The maximum absolute atomic E-state index is 13.3. The van der Waals surface area contributed by atoms with Gasteiger partial charge in [-0.05, 0) is 51.8 Å². The molecule has 1 atom stereocenters. The van der Waals surface area contributed by atoms with Gasteiger partial charge in [0.25, 0.3) is 0 Å². The lowest BCUT2D eigenvalue weighted by atomic mass is 9.98. The van der Waals surface area contributed by atoms with Gasteiger partial charge in [0.1, 0.15) is 0 Å². The second-order valence-corrected chi connectivity index (χ2v) is 9.90. The van der Waals surface area contributed by atoms with E-state index in [0.717, 1.165) is 43.7 Å². The normalized spacial score (nSPS) is 16.8. The van der Waals surface area contributed by atoms with Crippen molar-refractivity contribution in [1.29, 1.82) is 0 Å². The smallest absolute Gasteiger partial charge is 0.237 e. The molecule has 2 aromatic carbocycles. The van der Waals surface area contributed by atoms with Gasteiger partial charge in [-0.1, -0.05) is 60.7 Å². The zero-order chi connectivity index (χ0) is 23.8. The third-order valence-corrected chi connectivity index (χ3v) is 5.98. The molecule has 0 aliphatic carbocycles. The van der Waals surface area contributed by atoms with Gasteiger partial charge in [-0.15, -0.1) is 0 Å². The van der Waals surface area contributed by atoms with Crippen molar-refractivity contribution in [3.05, 3.63) is 71.8 Å². The fourth-order valence-corrected chi connectivity index (χ4v) is 4.28. The van der Waals surface area contributed by atoms with E-state index in [1.165, 1.54) is 0 Å². The summed E-state index contributed by atoms with van der Waals surface area (Å²) >= 11 is 0. The van der Waals surface area contributed by atoms with E-state index < -0.39 is 0 Å². The standard InChI is InChI=1S/C27H38N4O2/c1-21(31-17-11-16-30(18-19-31)20-24(32)29-27(2,3)4)26(33)28-25(22-12-7-5-8-13-22)23-14-9-6-10-15-23/h5-10,12-15,21,25H,11,16-20H2,1-4H3,(H,28,33)(H,29,32). The van der Waals surface area contributed by atoms with E-state index >= 15 is 0 Å². The minimum atomic E-state index is -0.247. The maximum atomic E-state index is 13.3. The molecule has 1 heterocycles. The Morgan fingerprint density at radius 1 is 0.879 bits per heavy atom. The number of rotatable bonds is 7. The van der Waals surface area contributed by atoms with Gasteiger partial charge in [-0.25, -0.2) is 0 Å². The number of hydrogen-bond acceptors (Lipinski definition) is 4. The van der Waals surface area contributed by atoms with Crippen molar-refractivity contribution in [2.24, 2.45) is 0 Å². The highest BCUT2D eigenvalue weighted by Crippen LogP contribution is 2.22. The van der Waals surface area contributed by atoms with Crippen LogP contribution in [-0.2, 0) is 9.59 Å². The first-order chi connectivity index (χ1) is 15.7. The van der Waals surface area contributed by atoms with Crippen LogP contribution in [-0.4, -0.2) is 65.9 Å². The molecular weight excluding hydrogens is 412 g/mol. The summed E-state index contributed by atoms with van der Waals surface area (Å²) in [5.74, 6) is 0.0712. The summed E-state index contributed by atoms with van der Waals surface area (Å²) in [6, 6.07) is 19.7. The summed E-state index contributed by atoms with van der Waals surface area (Å²) in [4.78, 5) is 30.0. The van der Waals surface area contributed by atoms with Crippen LogP contribution in [0.25, 0.3) is 0 Å². The van der Waals surface area contributed by atoms with Gasteiger partial charge in [-0.3, -0.25) is 19.4 Å². The summed E-state index contributed by atoms with van der Waals surface area (Å²) in [6.45, 7) is 11.6. The predicted octanol–water partition coefficient (Wildman–Crippen LogP) is 3.20. The van der Waals surface area contributed by atoms with Crippen LogP contribution in [0.5, 0.6) is 0 Å². The topological polar surface area (TPSA) is 64.7 Å². The first kappa shape index (κ1) is 24.9. The third kappa shape index (κ3) is 7.69. The molecule has 3 rings (SSSR count). The summed E-state index contributed by atoms with van der Waals surface area (Å²) in [5.41, 5.74) is 1.91. The average Bonchev–Trinajstić information content (AvgIpc) is 3.02. The average molecular weight is 451 g/mol. The third-order valence-electron chi connectivity index (χ3n) is 5.98. The molecule has 0 radical (unpaired) electrons. The Morgan fingerprint density at radius 3 is 2.00 bits per heavy atom. The first-order valence-corrected chi connectivity index (χ1v) is 11.9. The molecule has 0 bridgehead atoms. The molecule has 0 aromatic heterocycles. The van der Waals surface area contributed by atoms with Crippen molar-refractivity contribution >= 4 is 11.8 Å². The van der Waals surface area contributed by atoms with E-state index in [-0.39, 0.29) is 29.4 Å². The second kappa shape index (κ2) is 11.4. The van der Waals surface area contributed by atoms with Gasteiger partial charge >= 0.3 is 0 Å². The number of carbonyl (C=O) groups is 2. The Morgan fingerprint density at radius 2 is 1.45 bits per heavy atom. The van der Waals surface area contributed by atoms with Gasteiger partial charge in [0.15, 0.2) is 0 Å². The number of nitrogens with one attached hydrogen (secondary N) is 2. The molecule has 33 heavy (non-hydrogen) atoms. The van der Waals surface area contributed by atoms with Crippen molar-refractivity contribution in [3.63, 3.8) is 0 Å². The van der Waals surface area contributed by atoms with Gasteiger partial charge in [0.2, 0.25) is 11.8 Å². The van der Waals surface area contributed by atoms with Crippen LogP contribution in [0.2, 0.25) is 0 Å². The lowest BCUT2D eigenvalue weighted by Gasteiger charge is -2.29. The number of nitrogens with zero attached hydrogens (tertiary/aromatic N) is 2. The second-order valence-electron chi connectivity index (χ2n) is 9.90. The number of hydrogen-bond donors (Lipinski definition) is 2. The quantitative estimate of drug-likeness (QED) is 0.680. The number of benzene rings is 2. The highest BCUT2D eigenvalue weighted by molar-refractivity contribution is 5.82. The Hall–Kier alpha value is -2.70. The summed E-state index contributed by atoms with van der Waals surface area (Å²) in [7, 11) is 0. The predicted molar refractivity (Wildman–Crippen MR) is 133 cm³/mol. The van der Waals surface area contributed by atoms with E-state index in [4.69, 9.17) is 0 Å². The Labute approximate surface area is 198 Å². The van der Waals surface area contributed by atoms with Crippen LogP contribution in [0.4, 0.5) is 0 Å². The molecule has 2 amide bonds. The zero-order valence-electron chi connectivity index (χ0n) is 20.4. The van der Waals surface area contributed by atoms with Gasteiger partial charge in [-0.2, -0.15) is 0 Å². The van der Waals surface area contributed by atoms with E-state index in [1.807, 2.05) is 64.1 Å². The van der Waals surface area contributed by atoms with Crippen LogP contribution < -0.4 is 10.6 Å². The Bertz CT molecular complexity index is 856. The molecule has 6 nitrogen and oxygen atoms in total. The van der Waals surface area contributed by atoms with E-state index in [1.54, 1.807) is 0 Å². The molecule has 1 aliphatic rings. The van der Waals surface area contributed by atoms with Crippen molar-refractivity contribution < 1.29 is 9.59 Å². The SMILES string of the molecule is CC(C(=O)NC(c1ccccc1)c1ccccc1)N1CCCN(CC(=O)NC(C)(C)C)CC1. The minimum absolute atomic E-state index is 0.0200. The monoisotopic (exact) mass is 450 g/mol. The first-order valence-electron chi connectivity index (χ1n) is 11.9. The summed E-state index contributed by atoms with van der Waals surface area (Å²) in [5, 5.41) is 6.31. The van der Waals surface area contributed by atoms with E-state index in [9.17, 15) is 9.59 Å². The molecular formula is C27H38N4O2. The number of carbonyl (C=O) groups excluding carboxylic acids is 2. The molecule has 178 valence electrons. The molecule has 1 fully saturated rings. The zero-order valence-corrected chi connectivity index (χ0v) is 20.4. The minimum Gasteiger partial charge on any atom is -0.350 e. The summed E-state index contributed by atoms with van der Waals surface area (Å²) in [6.07, 6.45) is 0.932. The molecule has 1 saturated heterocycles. The van der Waals surface area contributed by atoms with Crippen LogP contribution in [0.1, 0.15) is 51.3 Å². The molecule has 6 heteroatoms. The van der Waals surface area contributed by atoms with Crippen molar-refractivity contribution in [1.82, 2.24) is 20.4 Å². The van der Waals surface area contributed by atoms with Crippen molar-refractivity contribution in [3.8, 4) is 0 Å². The van der Waals surface area contributed by atoms with Crippen LogP contribution >= 0.6 is 0 Å². The van der Waals surface area contributed by atoms with Crippen LogP contribution in [0.15, 0.2) is 60.7 Å². The Kier molecular flexibility index (Phi) is 8.64. The van der Waals surface area contributed by atoms with Crippen LogP contribution in [0.3, 0.4) is 0 Å². The molecule has 1 unspecified atom stereocenters. The maximum Gasteiger partial charge on any atom is 0.237 e. The van der Waals surface area contributed by atoms with Crippen molar-refractivity contribution in [2.45, 2.75) is 51.7 Å². The Balaban J connectivity index is 1.61. The highest BCUT2D eigenvalue weighted by Gasteiger charge is 2.27. The molecule has 2 aromatic rings. The molecule has 0 spiro atoms. The lowest BCUT2D eigenvalue weighted by Crippen LogP contribution is -2.48. The molecule has 0 saturated carbocycles. The fraction of sp³-hybridized carbons (Fsp3) is 0.481. The molecule has 2 N–H and O–H groups in total. The van der Waals surface area contributed by atoms with Crippen molar-refractivity contribution in [2.75, 3.05) is 32.7 Å². The van der Waals surface area contributed by atoms with Crippen LogP contribution in [0, 0.1) is 0 Å². The highest BCUT2D eigenvalue weighted by atomic mass is 16.2. The largest absolute Gasteiger partial charge is 0.350 e.